The molecule has 0 bridgehead atoms. The van der Waals surface area contributed by atoms with E-state index in [1.54, 1.807) is 36.3 Å². The quantitative estimate of drug-likeness (QED) is 0.694. The predicted molar refractivity (Wildman–Crippen MR) is 112 cm³/mol. The molecule has 1 atom stereocenters. The van der Waals surface area contributed by atoms with E-state index in [0.29, 0.717) is 37.4 Å². The number of aliphatic hydroxyl groups excluding tert-OH is 1. The van der Waals surface area contributed by atoms with Crippen molar-refractivity contribution in [1.82, 2.24) is 10.2 Å². The van der Waals surface area contributed by atoms with Crippen molar-refractivity contribution in [3.05, 3.63) is 60.2 Å². The molecule has 0 aromatic heterocycles. The molecular weight excluding hydrogens is 384 g/mol. The Labute approximate surface area is 176 Å². The maximum absolute atomic E-state index is 12.5. The van der Waals surface area contributed by atoms with Crippen molar-refractivity contribution in [3.8, 4) is 11.5 Å². The van der Waals surface area contributed by atoms with Crippen molar-refractivity contribution in [2.24, 2.45) is 5.92 Å². The summed E-state index contributed by atoms with van der Waals surface area (Å²) in [6.07, 6.45) is 0.417. The second-order valence-corrected chi connectivity index (χ2v) is 7.29. The van der Waals surface area contributed by atoms with Crippen LogP contribution in [0.4, 0.5) is 0 Å². The number of likely N-dealkylation sites (tertiary alicyclic amines) is 1. The Kier molecular flexibility index (Phi) is 7.68. The Bertz CT molecular complexity index is 817. The summed E-state index contributed by atoms with van der Waals surface area (Å²) in [6, 6.07) is 16.3. The van der Waals surface area contributed by atoms with Gasteiger partial charge in [-0.1, -0.05) is 30.3 Å². The van der Waals surface area contributed by atoms with Crippen molar-refractivity contribution < 1.29 is 24.2 Å². The molecule has 30 heavy (non-hydrogen) atoms. The molecule has 1 unspecified atom stereocenters. The monoisotopic (exact) mass is 412 g/mol. The number of carbonyl (C=O) groups is 2. The molecule has 0 saturated carbocycles. The van der Waals surface area contributed by atoms with Crippen molar-refractivity contribution in [2.45, 2.75) is 18.9 Å². The summed E-state index contributed by atoms with van der Waals surface area (Å²) in [7, 11) is 1.58. The molecule has 0 spiro atoms. The zero-order valence-electron chi connectivity index (χ0n) is 17.1. The van der Waals surface area contributed by atoms with Crippen LogP contribution in [0.2, 0.25) is 0 Å². The van der Waals surface area contributed by atoms with Gasteiger partial charge < -0.3 is 24.8 Å². The maximum Gasteiger partial charge on any atom is 0.260 e. The molecule has 2 aromatic rings. The van der Waals surface area contributed by atoms with Crippen molar-refractivity contribution >= 4 is 11.8 Å². The van der Waals surface area contributed by atoms with Gasteiger partial charge >= 0.3 is 0 Å². The minimum Gasteiger partial charge on any atom is -0.497 e. The molecule has 160 valence electrons. The van der Waals surface area contributed by atoms with E-state index in [4.69, 9.17) is 9.47 Å². The summed E-state index contributed by atoms with van der Waals surface area (Å²) in [5, 5.41) is 13.1. The van der Waals surface area contributed by atoms with Crippen LogP contribution in [0.1, 0.15) is 24.5 Å². The normalized spacial score (nSPS) is 15.3. The van der Waals surface area contributed by atoms with Crippen LogP contribution >= 0.6 is 0 Å². The molecule has 1 aliphatic rings. The van der Waals surface area contributed by atoms with Gasteiger partial charge in [-0.2, -0.15) is 0 Å². The van der Waals surface area contributed by atoms with Gasteiger partial charge in [0.1, 0.15) is 11.5 Å². The number of hydrogen-bond acceptors (Lipinski definition) is 5. The third-order valence-corrected chi connectivity index (χ3v) is 5.29. The second-order valence-electron chi connectivity index (χ2n) is 7.29. The fourth-order valence-electron chi connectivity index (χ4n) is 3.43. The highest BCUT2D eigenvalue weighted by atomic mass is 16.5. The first kappa shape index (κ1) is 21.6. The highest BCUT2D eigenvalue weighted by molar-refractivity contribution is 5.80. The average molecular weight is 412 g/mol. The van der Waals surface area contributed by atoms with Crippen LogP contribution in [0.15, 0.2) is 54.6 Å². The standard InChI is InChI=1S/C23H28N2O5/c1-29-19-9-7-17(8-10-19)21(26)15-24-23(28)18-11-13-25(14-12-18)22(27)16-30-20-5-3-2-4-6-20/h2-10,18,21,26H,11-16H2,1H3,(H,24,28). The smallest absolute Gasteiger partial charge is 0.260 e. The number of benzene rings is 2. The van der Waals surface area contributed by atoms with Crippen molar-refractivity contribution in [1.29, 1.82) is 0 Å². The van der Waals surface area contributed by atoms with Crippen LogP contribution in [0.25, 0.3) is 0 Å². The number of ether oxygens (including phenoxy) is 2. The minimum atomic E-state index is -0.781. The summed E-state index contributed by atoms with van der Waals surface area (Å²) >= 11 is 0. The molecule has 1 heterocycles. The first-order valence-corrected chi connectivity index (χ1v) is 10.1. The average Bonchev–Trinajstić information content (AvgIpc) is 2.81. The number of piperidine rings is 1. The predicted octanol–water partition coefficient (Wildman–Crippen LogP) is 2.16. The fourth-order valence-corrected chi connectivity index (χ4v) is 3.43. The Balaban J connectivity index is 1.38. The first-order chi connectivity index (χ1) is 14.6. The van der Waals surface area contributed by atoms with Crippen LogP contribution < -0.4 is 14.8 Å². The van der Waals surface area contributed by atoms with Gasteiger partial charge in [0.2, 0.25) is 5.91 Å². The Morgan fingerprint density at radius 3 is 2.37 bits per heavy atom. The lowest BCUT2D eigenvalue weighted by atomic mass is 9.95. The molecule has 1 saturated heterocycles. The lowest BCUT2D eigenvalue weighted by molar-refractivity contribution is -0.137. The summed E-state index contributed by atoms with van der Waals surface area (Å²) < 4.78 is 10.6. The number of rotatable bonds is 8. The van der Waals surface area contributed by atoms with Gasteiger partial charge in [-0.3, -0.25) is 9.59 Å². The van der Waals surface area contributed by atoms with E-state index in [2.05, 4.69) is 5.32 Å². The highest BCUT2D eigenvalue weighted by Gasteiger charge is 2.27. The van der Waals surface area contributed by atoms with E-state index in [9.17, 15) is 14.7 Å². The number of nitrogens with one attached hydrogen (secondary N) is 1. The zero-order valence-corrected chi connectivity index (χ0v) is 17.1. The van der Waals surface area contributed by atoms with Crippen molar-refractivity contribution in [2.75, 3.05) is 33.4 Å². The molecule has 1 aliphatic heterocycles. The number of hydrogen-bond donors (Lipinski definition) is 2. The molecule has 3 rings (SSSR count). The molecule has 2 amide bonds. The third-order valence-electron chi connectivity index (χ3n) is 5.29. The summed E-state index contributed by atoms with van der Waals surface area (Å²) in [4.78, 5) is 26.5. The van der Waals surface area contributed by atoms with E-state index in [-0.39, 0.29) is 30.9 Å². The van der Waals surface area contributed by atoms with Gasteiger partial charge in [0.25, 0.3) is 5.91 Å². The van der Waals surface area contributed by atoms with E-state index in [1.807, 2.05) is 30.3 Å². The number of amides is 2. The van der Waals surface area contributed by atoms with Crippen molar-refractivity contribution in [3.63, 3.8) is 0 Å². The molecule has 2 N–H and O–H groups in total. The third kappa shape index (κ3) is 5.97. The van der Waals surface area contributed by atoms with Gasteiger partial charge in [0.15, 0.2) is 6.61 Å². The molecule has 2 aromatic carbocycles. The maximum atomic E-state index is 12.5. The Hall–Kier alpha value is -3.06. The number of aliphatic hydroxyl groups is 1. The first-order valence-electron chi connectivity index (χ1n) is 10.1. The fraction of sp³-hybridized carbons (Fsp3) is 0.391. The number of nitrogens with zero attached hydrogens (tertiary/aromatic N) is 1. The Morgan fingerprint density at radius 1 is 1.07 bits per heavy atom. The van der Waals surface area contributed by atoms with Crippen LogP contribution in [0.5, 0.6) is 11.5 Å². The van der Waals surface area contributed by atoms with Gasteiger partial charge in [0, 0.05) is 25.6 Å². The van der Waals surface area contributed by atoms with E-state index >= 15 is 0 Å². The van der Waals surface area contributed by atoms with Crippen LogP contribution in [0.3, 0.4) is 0 Å². The summed E-state index contributed by atoms with van der Waals surface area (Å²) in [5.41, 5.74) is 0.718. The van der Waals surface area contributed by atoms with E-state index in [1.165, 1.54) is 0 Å². The molecule has 1 fully saturated rings. The van der Waals surface area contributed by atoms with Gasteiger partial charge in [0.05, 0.1) is 13.2 Å². The van der Waals surface area contributed by atoms with Gasteiger partial charge in [-0.25, -0.2) is 0 Å². The second kappa shape index (κ2) is 10.6. The van der Waals surface area contributed by atoms with E-state index in [0.717, 1.165) is 5.56 Å². The van der Waals surface area contributed by atoms with E-state index < -0.39 is 6.10 Å². The molecular formula is C23H28N2O5. The van der Waals surface area contributed by atoms with Crippen LogP contribution in [-0.2, 0) is 9.59 Å². The highest BCUT2D eigenvalue weighted by Crippen LogP contribution is 2.20. The van der Waals surface area contributed by atoms with Gasteiger partial charge in [-0.15, -0.1) is 0 Å². The zero-order chi connectivity index (χ0) is 21.3. The lowest BCUT2D eigenvalue weighted by Gasteiger charge is -2.31. The Morgan fingerprint density at radius 2 is 1.73 bits per heavy atom. The summed E-state index contributed by atoms with van der Waals surface area (Å²) in [5.74, 6) is 1.05. The van der Waals surface area contributed by atoms with Crippen LogP contribution in [0, 0.1) is 5.92 Å². The van der Waals surface area contributed by atoms with Gasteiger partial charge in [-0.05, 0) is 42.7 Å². The van der Waals surface area contributed by atoms with Crippen LogP contribution in [-0.4, -0.2) is 55.2 Å². The molecule has 7 heteroatoms. The number of methoxy groups -OCH3 is 1. The number of carbonyl (C=O) groups excluding carboxylic acids is 2. The SMILES string of the molecule is COc1ccc(C(O)CNC(=O)C2CCN(C(=O)COc3ccccc3)CC2)cc1. The largest absolute Gasteiger partial charge is 0.497 e. The minimum absolute atomic E-state index is 0.00503. The lowest BCUT2D eigenvalue weighted by Crippen LogP contribution is -2.45. The molecule has 0 radical (unpaired) electrons. The molecule has 0 aliphatic carbocycles. The topological polar surface area (TPSA) is 88.1 Å². The molecule has 7 nitrogen and oxygen atoms in total. The number of para-hydroxylation sites is 1. The summed E-state index contributed by atoms with van der Waals surface area (Å²) in [6.45, 7) is 1.19.